The van der Waals surface area contributed by atoms with Crippen molar-refractivity contribution in [2.24, 2.45) is 0 Å². The van der Waals surface area contributed by atoms with E-state index in [1.807, 2.05) is 12.1 Å². The number of carbonyl (C=O) groups is 1. The summed E-state index contributed by atoms with van der Waals surface area (Å²) >= 11 is 0. The number of anilines is 1. The van der Waals surface area contributed by atoms with E-state index in [9.17, 15) is 4.79 Å². The number of hydrogen-bond donors (Lipinski definition) is 1. The Morgan fingerprint density at radius 3 is 2.38 bits per heavy atom. The number of amides is 1. The predicted molar refractivity (Wildman–Crippen MR) is 132 cm³/mol. The maximum atomic E-state index is 12.6. The first kappa shape index (κ1) is 22.8. The third kappa shape index (κ3) is 6.11. The first-order valence-electron chi connectivity index (χ1n) is 12.2. The maximum Gasteiger partial charge on any atom is 0.251 e. The minimum atomic E-state index is 0.0448. The van der Waals surface area contributed by atoms with Crippen LogP contribution in [0.15, 0.2) is 42.5 Å². The molecule has 0 bridgehead atoms. The standard InChI is InChI=1S/C27H38N4O/c1-22-9-10-26(19-23(22)2)31-17-15-30(16-18-31)21-24-7-6-8-25(20-24)27(32)28-11-14-29-12-4-3-5-13-29/h6-10,19-20H,3-5,11-18,21H2,1-2H3,(H,28,32). The summed E-state index contributed by atoms with van der Waals surface area (Å²) in [6.45, 7) is 13.4. The molecule has 2 aliphatic rings. The summed E-state index contributed by atoms with van der Waals surface area (Å²) in [6, 6.07) is 14.9. The van der Waals surface area contributed by atoms with Gasteiger partial charge in [-0.3, -0.25) is 9.69 Å². The first-order chi connectivity index (χ1) is 15.6. The summed E-state index contributed by atoms with van der Waals surface area (Å²) in [5.74, 6) is 0.0448. The topological polar surface area (TPSA) is 38.8 Å². The Hall–Kier alpha value is -2.37. The normalized spacial score (nSPS) is 18.0. The lowest BCUT2D eigenvalue weighted by Crippen LogP contribution is -2.46. The second kappa shape index (κ2) is 11.0. The second-order valence-electron chi connectivity index (χ2n) is 9.39. The number of nitrogens with zero attached hydrogens (tertiary/aromatic N) is 3. The number of benzene rings is 2. The molecule has 0 radical (unpaired) electrons. The number of rotatable bonds is 7. The van der Waals surface area contributed by atoms with Gasteiger partial charge in [0.15, 0.2) is 0 Å². The Morgan fingerprint density at radius 2 is 1.62 bits per heavy atom. The van der Waals surface area contributed by atoms with Gasteiger partial charge >= 0.3 is 0 Å². The molecule has 2 aliphatic heterocycles. The lowest BCUT2D eigenvalue weighted by Gasteiger charge is -2.36. The van der Waals surface area contributed by atoms with Crippen molar-refractivity contribution < 1.29 is 4.79 Å². The van der Waals surface area contributed by atoms with Gasteiger partial charge in [-0.15, -0.1) is 0 Å². The summed E-state index contributed by atoms with van der Waals surface area (Å²) in [6.07, 6.45) is 3.92. The zero-order valence-corrected chi connectivity index (χ0v) is 19.8. The Labute approximate surface area is 193 Å². The van der Waals surface area contributed by atoms with Crippen LogP contribution in [0.2, 0.25) is 0 Å². The summed E-state index contributed by atoms with van der Waals surface area (Å²) in [7, 11) is 0. The third-order valence-electron chi connectivity index (χ3n) is 6.99. The van der Waals surface area contributed by atoms with Gasteiger partial charge in [0.2, 0.25) is 0 Å². The molecule has 0 saturated carbocycles. The van der Waals surface area contributed by atoms with Crippen molar-refractivity contribution in [2.75, 3.05) is 57.3 Å². The van der Waals surface area contributed by atoms with Crippen molar-refractivity contribution in [1.29, 1.82) is 0 Å². The van der Waals surface area contributed by atoms with Crippen LogP contribution in [-0.2, 0) is 6.54 Å². The number of aryl methyl sites for hydroxylation is 2. The average molecular weight is 435 g/mol. The number of likely N-dealkylation sites (tertiary alicyclic amines) is 1. The van der Waals surface area contributed by atoms with Gasteiger partial charge in [-0.1, -0.05) is 24.6 Å². The molecule has 0 aromatic heterocycles. The number of piperazine rings is 1. The summed E-state index contributed by atoms with van der Waals surface area (Å²) in [5.41, 5.74) is 6.03. The molecule has 2 aromatic rings. The molecule has 0 spiro atoms. The maximum absolute atomic E-state index is 12.6. The highest BCUT2D eigenvalue weighted by molar-refractivity contribution is 5.94. The largest absolute Gasteiger partial charge is 0.369 e. The molecule has 1 N–H and O–H groups in total. The van der Waals surface area contributed by atoms with Gasteiger partial charge in [-0.2, -0.15) is 0 Å². The van der Waals surface area contributed by atoms with E-state index in [0.29, 0.717) is 0 Å². The fourth-order valence-electron chi connectivity index (χ4n) is 4.77. The van der Waals surface area contributed by atoms with Gasteiger partial charge in [0.1, 0.15) is 0 Å². The molecule has 4 rings (SSSR count). The van der Waals surface area contributed by atoms with Crippen molar-refractivity contribution in [3.05, 3.63) is 64.7 Å². The monoisotopic (exact) mass is 434 g/mol. The van der Waals surface area contributed by atoms with E-state index in [0.717, 1.165) is 51.4 Å². The molecule has 2 heterocycles. The van der Waals surface area contributed by atoms with Crippen molar-refractivity contribution in [2.45, 2.75) is 39.7 Å². The van der Waals surface area contributed by atoms with Crippen LogP contribution in [-0.4, -0.2) is 68.1 Å². The van der Waals surface area contributed by atoms with E-state index in [1.54, 1.807) is 0 Å². The Kier molecular flexibility index (Phi) is 7.82. The average Bonchev–Trinajstić information content (AvgIpc) is 2.82. The van der Waals surface area contributed by atoms with E-state index in [-0.39, 0.29) is 5.91 Å². The van der Waals surface area contributed by atoms with Gasteiger partial charge in [-0.05, 0) is 80.7 Å². The fraction of sp³-hybridized carbons (Fsp3) is 0.519. The lowest BCUT2D eigenvalue weighted by atomic mass is 10.1. The van der Waals surface area contributed by atoms with Gasteiger partial charge in [0, 0.05) is 57.1 Å². The number of hydrogen-bond acceptors (Lipinski definition) is 4. The van der Waals surface area contributed by atoms with Crippen molar-refractivity contribution in [3.63, 3.8) is 0 Å². The molecule has 5 nitrogen and oxygen atoms in total. The molecule has 1 amide bonds. The van der Waals surface area contributed by atoms with E-state index >= 15 is 0 Å². The lowest BCUT2D eigenvalue weighted by molar-refractivity contribution is 0.0946. The molecule has 0 unspecified atom stereocenters. The number of nitrogens with one attached hydrogen (secondary N) is 1. The van der Waals surface area contributed by atoms with Crippen LogP contribution in [0.25, 0.3) is 0 Å². The third-order valence-corrected chi connectivity index (χ3v) is 6.99. The molecule has 172 valence electrons. The van der Waals surface area contributed by atoms with Gasteiger partial charge < -0.3 is 15.1 Å². The van der Waals surface area contributed by atoms with Crippen LogP contribution >= 0.6 is 0 Å². The first-order valence-corrected chi connectivity index (χ1v) is 12.2. The molecule has 0 aliphatic carbocycles. The van der Waals surface area contributed by atoms with Crippen molar-refractivity contribution >= 4 is 11.6 Å². The zero-order chi connectivity index (χ0) is 22.3. The zero-order valence-electron chi connectivity index (χ0n) is 19.8. The minimum absolute atomic E-state index is 0.0448. The number of piperidine rings is 1. The Morgan fingerprint density at radius 1 is 0.844 bits per heavy atom. The summed E-state index contributed by atoms with van der Waals surface area (Å²) < 4.78 is 0. The highest BCUT2D eigenvalue weighted by Gasteiger charge is 2.18. The van der Waals surface area contributed by atoms with E-state index in [4.69, 9.17) is 0 Å². The van der Waals surface area contributed by atoms with E-state index < -0.39 is 0 Å². The van der Waals surface area contributed by atoms with Crippen LogP contribution < -0.4 is 10.2 Å². The summed E-state index contributed by atoms with van der Waals surface area (Å²) in [4.78, 5) is 20.1. The van der Waals surface area contributed by atoms with Crippen LogP contribution in [0.4, 0.5) is 5.69 Å². The highest BCUT2D eigenvalue weighted by atomic mass is 16.1. The Bertz CT molecular complexity index is 898. The van der Waals surface area contributed by atoms with Crippen LogP contribution in [0.3, 0.4) is 0 Å². The van der Waals surface area contributed by atoms with Gasteiger partial charge in [-0.25, -0.2) is 0 Å². The molecular weight excluding hydrogens is 396 g/mol. The molecule has 5 heteroatoms. The predicted octanol–water partition coefficient (Wildman–Crippen LogP) is 3.84. The molecule has 0 atom stereocenters. The minimum Gasteiger partial charge on any atom is -0.369 e. The van der Waals surface area contributed by atoms with Crippen LogP contribution in [0.5, 0.6) is 0 Å². The van der Waals surface area contributed by atoms with Gasteiger partial charge in [0.25, 0.3) is 5.91 Å². The molecular formula is C27H38N4O. The van der Waals surface area contributed by atoms with Crippen molar-refractivity contribution in [1.82, 2.24) is 15.1 Å². The van der Waals surface area contributed by atoms with E-state index in [2.05, 4.69) is 64.2 Å². The van der Waals surface area contributed by atoms with Crippen molar-refractivity contribution in [3.8, 4) is 0 Å². The van der Waals surface area contributed by atoms with E-state index in [1.165, 1.54) is 54.7 Å². The van der Waals surface area contributed by atoms with Gasteiger partial charge in [0.05, 0.1) is 0 Å². The molecule has 2 saturated heterocycles. The molecule has 2 aromatic carbocycles. The van der Waals surface area contributed by atoms with Crippen LogP contribution in [0.1, 0.15) is 46.3 Å². The highest BCUT2D eigenvalue weighted by Crippen LogP contribution is 2.21. The number of carbonyl (C=O) groups excluding carboxylic acids is 1. The Balaban J connectivity index is 1.24. The quantitative estimate of drug-likeness (QED) is 0.719. The summed E-state index contributed by atoms with van der Waals surface area (Å²) in [5, 5.41) is 3.11. The van der Waals surface area contributed by atoms with Crippen LogP contribution in [0, 0.1) is 13.8 Å². The molecule has 32 heavy (non-hydrogen) atoms. The second-order valence-corrected chi connectivity index (χ2v) is 9.39. The fourth-order valence-corrected chi connectivity index (χ4v) is 4.77. The molecule has 2 fully saturated rings. The smallest absolute Gasteiger partial charge is 0.251 e. The SMILES string of the molecule is Cc1ccc(N2CCN(Cc3cccc(C(=O)NCCN4CCCCC4)c3)CC2)cc1C.